The van der Waals surface area contributed by atoms with Crippen molar-refractivity contribution >= 4 is 22.9 Å². The topological polar surface area (TPSA) is 139 Å². The van der Waals surface area contributed by atoms with E-state index in [0.29, 0.717) is 41.3 Å². The van der Waals surface area contributed by atoms with Gasteiger partial charge in [-0.3, -0.25) is 18.8 Å². The highest BCUT2D eigenvalue weighted by atomic mass is 16.5. The van der Waals surface area contributed by atoms with Gasteiger partial charge in [-0.15, -0.1) is 0 Å². The average molecular weight is 622 g/mol. The van der Waals surface area contributed by atoms with E-state index < -0.39 is 5.54 Å². The molecule has 0 saturated carbocycles. The van der Waals surface area contributed by atoms with E-state index in [2.05, 4.69) is 32.9 Å². The molecule has 2 aliphatic heterocycles. The number of carbonyl (C=O) groups is 1. The van der Waals surface area contributed by atoms with Crippen molar-refractivity contribution in [2.75, 3.05) is 45.5 Å². The van der Waals surface area contributed by atoms with Crippen molar-refractivity contribution in [1.29, 1.82) is 5.26 Å². The number of amides is 1. The zero-order valence-electron chi connectivity index (χ0n) is 26.5. The van der Waals surface area contributed by atoms with Gasteiger partial charge in [-0.05, 0) is 76.2 Å². The summed E-state index contributed by atoms with van der Waals surface area (Å²) in [5, 5.41) is 10.1. The number of benzene rings is 2. The van der Waals surface area contributed by atoms with Gasteiger partial charge >= 0.3 is 5.69 Å². The number of ether oxygens (including phenoxy) is 1. The fourth-order valence-electron chi connectivity index (χ4n) is 6.42. The lowest BCUT2D eigenvalue weighted by Crippen LogP contribution is -2.53. The highest BCUT2D eigenvalue weighted by Crippen LogP contribution is 2.28. The van der Waals surface area contributed by atoms with Crippen molar-refractivity contribution in [3.05, 3.63) is 83.1 Å². The van der Waals surface area contributed by atoms with Crippen molar-refractivity contribution in [2.45, 2.75) is 44.8 Å². The van der Waals surface area contributed by atoms with Crippen LogP contribution in [0.1, 0.15) is 26.7 Å². The number of nitrogens with two attached hydrogens (primary N) is 1. The lowest BCUT2D eigenvalue weighted by Gasteiger charge is -2.42. The van der Waals surface area contributed by atoms with E-state index in [4.69, 9.17) is 10.5 Å². The van der Waals surface area contributed by atoms with E-state index in [0.717, 1.165) is 32.6 Å². The normalized spacial score (nSPS) is 18.2. The third-order valence-electron chi connectivity index (χ3n) is 9.00. The molecule has 2 aromatic heterocycles. The van der Waals surface area contributed by atoms with Gasteiger partial charge in [-0.25, -0.2) is 14.8 Å². The van der Waals surface area contributed by atoms with Crippen LogP contribution in [-0.4, -0.2) is 91.1 Å². The monoisotopic (exact) mass is 621 g/mol. The quantitative estimate of drug-likeness (QED) is 0.232. The molecule has 2 N–H and O–H groups in total. The first-order valence-electron chi connectivity index (χ1n) is 15.6. The molecule has 12 heteroatoms. The van der Waals surface area contributed by atoms with Gasteiger partial charge in [0.1, 0.15) is 35.0 Å². The minimum absolute atomic E-state index is 0.120. The zero-order valence-corrected chi connectivity index (χ0v) is 26.5. The fourth-order valence-corrected chi connectivity index (χ4v) is 6.42. The molecular formula is C34H39N9O3. The maximum atomic E-state index is 14.1. The summed E-state index contributed by atoms with van der Waals surface area (Å²) in [7, 11) is 2.10. The number of nitrogen functional groups attached to an aromatic ring is 1. The second-order valence-electron chi connectivity index (χ2n) is 12.5. The van der Waals surface area contributed by atoms with Crippen LogP contribution < -0.4 is 16.2 Å². The highest BCUT2D eigenvalue weighted by molar-refractivity contribution is 5.97. The summed E-state index contributed by atoms with van der Waals surface area (Å²) in [5.74, 6) is 1.18. The summed E-state index contributed by atoms with van der Waals surface area (Å²) < 4.78 is 8.98. The first kappa shape index (κ1) is 31.0. The molecule has 0 radical (unpaired) electrons. The number of carbonyl (C=O) groups excluding carboxylic acids is 1. The molecule has 2 saturated heterocycles. The van der Waals surface area contributed by atoms with E-state index in [9.17, 15) is 14.9 Å². The van der Waals surface area contributed by atoms with Crippen LogP contribution in [0.15, 0.2) is 77.4 Å². The number of nitrogens with zero attached hydrogens (tertiary/aromatic N) is 8. The predicted molar refractivity (Wildman–Crippen MR) is 176 cm³/mol. The average Bonchev–Trinajstić information content (AvgIpc) is 3.63. The number of aromatic nitrogens is 4. The van der Waals surface area contributed by atoms with Gasteiger partial charge in [0.2, 0.25) is 0 Å². The van der Waals surface area contributed by atoms with Crippen LogP contribution in [0.5, 0.6) is 11.5 Å². The van der Waals surface area contributed by atoms with Crippen LogP contribution in [0.2, 0.25) is 0 Å². The molecule has 46 heavy (non-hydrogen) atoms. The van der Waals surface area contributed by atoms with Gasteiger partial charge in [0.05, 0.1) is 11.7 Å². The molecule has 12 nitrogen and oxygen atoms in total. The number of piperazine rings is 1. The maximum absolute atomic E-state index is 14.1. The van der Waals surface area contributed by atoms with Gasteiger partial charge in [0, 0.05) is 44.8 Å². The van der Waals surface area contributed by atoms with E-state index in [1.165, 1.54) is 10.9 Å². The summed E-state index contributed by atoms with van der Waals surface area (Å²) in [6, 6.07) is 18.5. The first-order chi connectivity index (χ1) is 22.2. The molecule has 1 amide bonds. The number of para-hydroxylation sites is 1. The molecular weight excluding hydrogens is 582 g/mol. The van der Waals surface area contributed by atoms with E-state index in [1.807, 2.05) is 44.2 Å². The lowest BCUT2D eigenvalue weighted by atomic mass is 9.97. The van der Waals surface area contributed by atoms with Crippen LogP contribution in [0, 0.1) is 11.3 Å². The Kier molecular flexibility index (Phi) is 8.62. The Balaban J connectivity index is 1.28. The van der Waals surface area contributed by atoms with Crippen molar-refractivity contribution in [1.82, 2.24) is 33.8 Å². The molecule has 0 unspecified atom stereocenters. The van der Waals surface area contributed by atoms with Crippen molar-refractivity contribution in [3.63, 3.8) is 0 Å². The number of likely N-dealkylation sites (N-methyl/N-ethyl adjacent to an activating group) is 1. The van der Waals surface area contributed by atoms with Gasteiger partial charge < -0.3 is 20.3 Å². The van der Waals surface area contributed by atoms with E-state index in [1.54, 1.807) is 39.8 Å². The largest absolute Gasteiger partial charge is 0.457 e. The van der Waals surface area contributed by atoms with Crippen molar-refractivity contribution in [2.24, 2.45) is 0 Å². The number of hydrogen-bond acceptors (Lipinski definition) is 9. The number of imidazole rings is 1. The number of hydrogen-bond donors (Lipinski definition) is 1. The second kappa shape index (κ2) is 12.8. The van der Waals surface area contributed by atoms with Crippen molar-refractivity contribution < 1.29 is 9.53 Å². The summed E-state index contributed by atoms with van der Waals surface area (Å²) in [4.78, 5) is 42.8. The van der Waals surface area contributed by atoms with Gasteiger partial charge in [-0.1, -0.05) is 18.2 Å². The second-order valence-corrected chi connectivity index (χ2v) is 12.5. The number of rotatable bonds is 8. The molecule has 4 heterocycles. The Labute approximate surface area is 267 Å². The molecule has 2 aromatic carbocycles. The van der Waals surface area contributed by atoms with Crippen LogP contribution in [-0.2, 0) is 11.3 Å². The summed E-state index contributed by atoms with van der Waals surface area (Å²) in [6.07, 6.45) is 4.60. The van der Waals surface area contributed by atoms with Crippen LogP contribution >= 0.6 is 0 Å². The Hall–Kier alpha value is -4.99. The van der Waals surface area contributed by atoms with Crippen molar-refractivity contribution in [3.8, 4) is 23.3 Å². The number of likely N-dealkylation sites (tertiary alicyclic amines) is 1. The fraction of sp³-hybridized carbons (Fsp3) is 0.382. The maximum Gasteiger partial charge on any atom is 0.335 e. The van der Waals surface area contributed by atoms with Crippen LogP contribution in [0.25, 0.3) is 16.9 Å². The minimum Gasteiger partial charge on any atom is -0.457 e. The van der Waals surface area contributed by atoms with Gasteiger partial charge in [0.25, 0.3) is 5.91 Å². The predicted octanol–water partition coefficient (Wildman–Crippen LogP) is 3.42. The zero-order chi connectivity index (χ0) is 32.4. The van der Waals surface area contributed by atoms with Gasteiger partial charge in [-0.2, -0.15) is 5.26 Å². The Morgan fingerprint density at radius 3 is 2.43 bits per heavy atom. The van der Waals surface area contributed by atoms with E-state index in [-0.39, 0.29) is 35.6 Å². The molecule has 4 aromatic rings. The molecule has 6 rings (SSSR count). The third-order valence-corrected chi connectivity index (χ3v) is 9.00. The van der Waals surface area contributed by atoms with Crippen LogP contribution in [0.4, 0.5) is 5.82 Å². The number of fused-ring (bicyclic) bond motifs is 1. The molecule has 0 bridgehead atoms. The highest BCUT2D eigenvalue weighted by Gasteiger charge is 2.35. The first-order valence-corrected chi connectivity index (χ1v) is 15.6. The summed E-state index contributed by atoms with van der Waals surface area (Å²) >= 11 is 0. The molecule has 238 valence electrons. The molecule has 2 fully saturated rings. The summed E-state index contributed by atoms with van der Waals surface area (Å²) in [6.45, 7) is 8.39. The third kappa shape index (κ3) is 6.11. The number of anilines is 1. The minimum atomic E-state index is -0.461. The Bertz CT molecular complexity index is 1850. The van der Waals surface area contributed by atoms with Crippen LogP contribution in [0.3, 0.4) is 0 Å². The van der Waals surface area contributed by atoms with E-state index >= 15 is 0 Å². The molecule has 0 spiro atoms. The SMILES string of the molecule is CN1CCN(C(C)(C)C=C(C#N)C(=O)N2CCC[C@H]2Cn2c(=O)n(-c3ccc(Oc4ccccc4)cc3)c3c(N)ncnc32)CC1. The Morgan fingerprint density at radius 2 is 1.74 bits per heavy atom. The van der Waals surface area contributed by atoms with Gasteiger partial charge in [0.15, 0.2) is 11.5 Å². The molecule has 2 aliphatic rings. The lowest BCUT2D eigenvalue weighted by molar-refractivity contribution is -0.127. The molecule has 0 aliphatic carbocycles. The number of nitriles is 1. The standard InChI is InChI=1S/C34H39N9O3/c1-34(2,40-18-16-39(3)17-19-40)20-24(21-35)32(44)41-15-7-8-26(41)22-42-31-29(30(36)37-23-38-31)43(33(42)45)25-11-13-28(14-12-25)46-27-9-5-4-6-10-27/h4-6,9-14,20,23,26H,7-8,15-19,22H2,1-3H3,(H2,36,37,38)/t26-/m0/s1. The summed E-state index contributed by atoms with van der Waals surface area (Å²) in [5.41, 5.74) is 6.99. The molecule has 1 atom stereocenters. The smallest absolute Gasteiger partial charge is 0.335 e. The Morgan fingerprint density at radius 1 is 1.04 bits per heavy atom.